The van der Waals surface area contributed by atoms with Crippen LogP contribution < -0.4 is 10.2 Å². The maximum absolute atomic E-state index is 12.1. The summed E-state index contributed by atoms with van der Waals surface area (Å²) in [5.74, 6) is -2.94. The summed E-state index contributed by atoms with van der Waals surface area (Å²) in [4.78, 5) is 47.4. The van der Waals surface area contributed by atoms with Gasteiger partial charge in [0.2, 0.25) is 5.91 Å². The van der Waals surface area contributed by atoms with Gasteiger partial charge in [0.05, 0.1) is 6.42 Å². The lowest BCUT2D eigenvalue weighted by Crippen LogP contribution is -2.41. The molecule has 31 heavy (non-hydrogen) atoms. The third-order valence-electron chi connectivity index (χ3n) is 4.45. The Hall–Kier alpha value is -3.88. The zero-order valence-corrected chi connectivity index (χ0v) is 17.0. The van der Waals surface area contributed by atoms with Crippen LogP contribution >= 0.6 is 0 Å². The Morgan fingerprint density at radius 2 is 1.58 bits per heavy atom. The van der Waals surface area contributed by atoms with E-state index in [1.54, 1.807) is 43.4 Å². The van der Waals surface area contributed by atoms with Crippen LogP contribution in [0.25, 0.3) is 0 Å². The Morgan fingerprint density at radius 1 is 0.968 bits per heavy atom. The molecule has 0 heterocycles. The Bertz CT molecular complexity index is 913. The molecule has 1 atom stereocenters. The molecule has 0 spiro atoms. The molecule has 9 heteroatoms. The molecule has 0 saturated heterocycles. The highest BCUT2D eigenvalue weighted by Crippen LogP contribution is 2.13. The molecule has 3 N–H and O–H groups in total. The average molecular weight is 428 g/mol. The highest BCUT2D eigenvalue weighted by Gasteiger charge is 2.21. The lowest BCUT2D eigenvalue weighted by Gasteiger charge is -2.17. The number of ether oxygens (including phenoxy) is 1. The molecule has 0 fully saturated rings. The number of hydrogen-bond acceptors (Lipinski definition) is 5. The second kappa shape index (κ2) is 11.3. The molecule has 2 amide bonds. The van der Waals surface area contributed by atoms with E-state index in [2.05, 4.69) is 5.32 Å². The van der Waals surface area contributed by atoms with E-state index in [1.807, 2.05) is 18.2 Å². The minimum atomic E-state index is -1.28. The molecule has 2 aromatic rings. The summed E-state index contributed by atoms with van der Waals surface area (Å²) >= 11 is 0. The first-order valence-corrected chi connectivity index (χ1v) is 9.53. The number of aliphatic carboxylic acids is 2. The number of carboxylic acids is 2. The molecule has 0 aromatic heterocycles. The molecular formula is C22H24N2O7. The van der Waals surface area contributed by atoms with Crippen LogP contribution in [-0.2, 0) is 32.1 Å². The number of benzene rings is 2. The number of carboxylic acid groups (broad SMARTS) is 2. The molecule has 0 bridgehead atoms. The maximum Gasteiger partial charge on any atom is 0.414 e. The quantitative estimate of drug-likeness (QED) is 0.529. The van der Waals surface area contributed by atoms with Crippen molar-refractivity contribution in [2.75, 3.05) is 11.9 Å². The number of anilines is 1. The van der Waals surface area contributed by atoms with Gasteiger partial charge < -0.3 is 20.3 Å². The molecule has 0 aliphatic heterocycles. The summed E-state index contributed by atoms with van der Waals surface area (Å²) < 4.78 is 5.28. The van der Waals surface area contributed by atoms with Crippen molar-refractivity contribution in [1.29, 1.82) is 0 Å². The molecular weight excluding hydrogens is 404 g/mol. The first-order valence-electron chi connectivity index (χ1n) is 9.53. The van der Waals surface area contributed by atoms with Gasteiger partial charge in [-0.15, -0.1) is 0 Å². The Labute approximate surface area is 179 Å². The van der Waals surface area contributed by atoms with Gasteiger partial charge in [0.1, 0.15) is 12.6 Å². The van der Waals surface area contributed by atoms with Gasteiger partial charge in [-0.3, -0.25) is 14.5 Å². The van der Waals surface area contributed by atoms with Crippen LogP contribution in [0.3, 0.4) is 0 Å². The molecule has 164 valence electrons. The SMILES string of the molecule is CN(C(=O)OCc1ccc(CC(=O)NC(CCC(=O)O)C(=O)O)cc1)c1ccccc1. The Morgan fingerprint density at radius 3 is 2.16 bits per heavy atom. The van der Waals surface area contributed by atoms with E-state index >= 15 is 0 Å². The Kier molecular flexibility index (Phi) is 8.56. The highest BCUT2D eigenvalue weighted by atomic mass is 16.6. The van der Waals surface area contributed by atoms with Gasteiger partial charge in [0, 0.05) is 19.2 Å². The van der Waals surface area contributed by atoms with Gasteiger partial charge in [-0.05, 0) is 29.7 Å². The van der Waals surface area contributed by atoms with Crippen LogP contribution in [-0.4, -0.2) is 47.2 Å². The number of hydrogen-bond donors (Lipinski definition) is 3. The number of amides is 2. The van der Waals surface area contributed by atoms with Crippen molar-refractivity contribution in [3.63, 3.8) is 0 Å². The molecule has 0 aliphatic carbocycles. The summed E-state index contributed by atoms with van der Waals surface area (Å²) in [5, 5.41) is 20.1. The third-order valence-corrected chi connectivity index (χ3v) is 4.45. The van der Waals surface area contributed by atoms with E-state index in [1.165, 1.54) is 4.90 Å². The smallest absolute Gasteiger partial charge is 0.414 e. The molecule has 1 unspecified atom stereocenters. The van der Waals surface area contributed by atoms with E-state index in [0.29, 0.717) is 11.3 Å². The number of nitrogens with one attached hydrogen (secondary N) is 1. The normalized spacial score (nSPS) is 11.3. The zero-order chi connectivity index (χ0) is 22.8. The van der Waals surface area contributed by atoms with Gasteiger partial charge in [-0.1, -0.05) is 42.5 Å². The van der Waals surface area contributed by atoms with E-state index in [4.69, 9.17) is 14.9 Å². The zero-order valence-electron chi connectivity index (χ0n) is 17.0. The van der Waals surface area contributed by atoms with Gasteiger partial charge in [0.25, 0.3) is 0 Å². The maximum atomic E-state index is 12.1. The van der Waals surface area contributed by atoms with E-state index in [-0.39, 0.29) is 25.9 Å². The van der Waals surface area contributed by atoms with Crippen LogP contribution in [0.2, 0.25) is 0 Å². The fourth-order valence-electron chi connectivity index (χ4n) is 2.71. The van der Waals surface area contributed by atoms with Crippen LogP contribution in [0.5, 0.6) is 0 Å². The molecule has 0 saturated carbocycles. The first kappa shape index (κ1) is 23.4. The van der Waals surface area contributed by atoms with Crippen molar-refractivity contribution in [3.05, 3.63) is 65.7 Å². The van der Waals surface area contributed by atoms with E-state index < -0.39 is 30.0 Å². The predicted molar refractivity (Wildman–Crippen MR) is 112 cm³/mol. The summed E-state index contributed by atoms with van der Waals surface area (Å²) in [6.07, 6.45) is -1.12. The lowest BCUT2D eigenvalue weighted by molar-refractivity contribution is -0.143. The molecule has 0 radical (unpaired) electrons. The molecule has 0 aliphatic rings. The van der Waals surface area contributed by atoms with Gasteiger partial charge in [-0.25, -0.2) is 9.59 Å². The van der Waals surface area contributed by atoms with Crippen molar-refractivity contribution in [1.82, 2.24) is 5.32 Å². The Balaban J connectivity index is 1.84. The minimum Gasteiger partial charge on any atom is -0.481 e. The summed E-state index contributed by atoms with van der Waals surface area (Å²) in [6, 6.07) is 14.6. The van der Waals surface area contributed by atoms with Gasteiger partial charge in [0.15, 0.2) is 0 Å². The average Bonchev–Trinajstić information content (AvgIpc) is 2.75. The lowest BCUT2D eigenvalue weighted by atomic mass is 10.1. The number of para-hydroxylation sites is 1. The molecule has 2 rings (SSSR count). The largest absolute Gasteiger partial charge is 0.481 e. The minimum absolute atomic E-state index is 0.0543. The first-order chi connectivity index (χ1) is 14.8. The summed E-state index contributed by atoms with van der Waals surface area (Å²) in [6.45, 7) is 0.0543. The summed E-state index contributed by atoms with van der Waals surface area (Å²) in [7, 11) is 1.61. The predicted octanol–water partition coefficient (Wildman–Crippen LogP) is 2.44. The van der Waals surface area contributed by atoms with Gasteiger partial charge in [-0.2, -0.15) is 0 Å². The van der Waals surface area contributed by atoms with Crippen LogP contribution in [0.15, 0.2) is 54.6 Å². The standard InChI is InChI=1S/C22H24N2O7/c1-24(17-5-3-2-4-6-17)22(30)31-14-16-9-7-15(8-10-16)13-19(25)23-18(21(28)29)11-12-20(26)27/h2-10,18H,11-14H2,1H3,(H,23,25)(H,26,27)(H,28,29). The monoisotopic (exact) mass is 428 g/mol. The van der Waals surface area contributed by atoms with Gasteiger partial charge >= 0.3 is 18.0 Å². The van der Waals surface area contributed by atoms with Crippen molar-refractivity contribution in [2.45, 2.75) is 31.9 Å². The molecule has 2 aromatic carbocycles. The van der Waals surface area contributed by atoms with Crippen molar-refractivity contribution < 1.29 is 34.1 Å². The van der Waals surface area contributed by atoms with Crippen LogP contribution in [0.4, 0.5) is 10.5 Å². The van der Waals surface area contributed by atoms with Crippen molar-refractivity contribution >= 4 is 29.6 Å². The van der Waals surface area contributed by atoms with Crippen LogP contribution in [0, 0.1) is 0 Å². The fraction of sp³-hybridized carbons (Fsp3) is 0.273. The number of carbonyl (C=O) groups excluding carboxylic acids is 2. The summed E-state index contributed by atoms with van der Waals surface area (Å²) in [5.41, 5.74) is 2.07. The van der Waals surface area contributed by atoms with E-state index in [9.17, 15) is 19.2 Å². The topological polar surface area (TPSA) is 133 Å². The second-order valence-corrected chi connectivity index (χ2v) is 6.83. The van der Waals surface area contributed by atoms with Crippen molar-refractivity contribution in [2.24, 2.45) is 0 Å². The fourth-order valence-corrected chi connectivity index (χ4v) is 2.71. The number of carbonyl (C=O) groups is 4. The number of rotatable bonds is 10. The highest BCUT2D eigenvalue weighted by molar-refractivity contribution is 5.87. The van der Waals surface area contributed by atoms with E-state index in [0.717, 1.165) is 5.56 Å². The number of nitrogens with zero attached hydrogens (tertiary/aromatic N) is 1. The van der Waals surface area contributed by atoms with Crippen molar-refractivity contribution in [3.8, 4) is 0 Å². The van der Waals surface area contributed by atoms with Crippen LogP contribution in [0.1, 0.15) is 24.0 Å². The third kappa shape index (κ3) is 7.81. The second-order valence-electron chi connectivity index (χ2n) is 6.83. The molecule has 9 nitrogen and oxygen atoms in total.